The smallest absolute Gasteiger partial charge is 0.411 e. The number of ketones is 1. The van der Waals surface area contributed by atoms with Crippen LogP contribution in [0, 0.1) is 0 Å². The fourth-order valence-corrected chi connectivity index (χ4v) is 2.70. The molecule has 1 heterocycles. The van der Waals surface area contributed by atoms with Gasteiger partial charge in [-0.1, -0.05) is 41.9 Å². The van der Waals surface area contributed by atoms with Gasteiger partial charge in [-0.2, -0.15) is 0 Å². The Labute approximate surface area is 149 Å². The summed E-state index contributed by atoms with van der Waals surface area (Å²) in [6, 6.07) is 14.0. The number of rotatable bonds is 4. The molecule has 0 saturated heterocycles. The lowest BCUT2D eigenvalue weighted by Crippen LogP contribution is -2.12. The van der Waals surface area contributed by atoms with Crippen LogP contribution in [0.15, 0.2) is 60.9 Å². The number of nitrogens with one attached hydrogen (secondary N) is 2. The summed E-state index contributed by atoms with van der Waals surface area (Å²) in [6.45, 7) is 0. The van der Waals surface area contributed by atoms with Gasteiger partial charge < -0.3 is 9.72 Å². The minimum Gasteiger partial charge on any atom is -0.453 e. The largest absolute Gasteiger partial charge is 0.453 e. The van der Waals surface area contributed by atoms with Crippen molar-refractivity contribution in [2.75, 3.05) is 12.4 Å². The van der Waals surface area contributed by atoms with Gasteiger partial charge in [-0.05, 0) is 18.2 Å². The molecule has 0 aliphatic heterocycles. The molecule has 0 bridgehead atoms. The highest BCUT2D eigenvalue weighted by Crippen LogP contribution is 2.34. The van der Waals surface area contributed by atoms with E-state index in [0.29, 0.717) is 33.0 Å². The molecule has 0 aliphatic carbocycles. The van der Waals surface area contributed by atoms with Crippen molar-refractivity contribution in [3.8, 4) is 11.1 Å². The van der Waals surface area contributed by atoms with Gasteiger partial charge in [0.15, 0.2) is 5.78 Å². The highest BCUT2D eigenvalue weighted by molar-refractivity contribution is 6.31. The normalized spacial score (nSPS) is 10.3. The lowest BCUT2D eigenvalue weighted by Gasteiger charge is -2.11. The number of benzene rings is 2. The molecule has 0 radical (unpaired) electrons. The molecule has 25 heavy (non-hydrogen) atoms. The second-order valence-electron chi connectivity index (χ2n) is 5.28. The molecule has 0 fully saturated rings. The maximum Gasteiger partial charge on any atom is 0.411 e. The number of aromatic nitrogens is 1. The number of carbonyl (C=O) groups is 2. The van der Waals surface area contributed by atoms with E-state index in [2.05, 4.69) is 15.0 Å². The predicted octanol–water partition coefficient (Wildman–Crippen LogP) is 4.74. The van der Waals surface area contributed by atoms with E-state index in [4.69, 9.17) is 11.6 Å². The zero-order valence-corrected chi connectivity index (χ0v) is 14.1. The van der Waals surface area contributed by atoms with E-state index in [-0.39, 0.29) is 5.78 Å². The van der Waals surface area contributed by atoms with Crippen LogP contribution >= 0.6 is 11.6 Å². The molecule has 126 valence electrons. The molecule has 6 heteroatoms. The van der Waals surface area contributed by atoms with Crippen molar-refractivity contribution < 1.29 is 14.3 Å². The van der Waals surface area contributed by atoms with Crippen molar-refractivity contribution in [2.24, 2.45) is 0 Å². The maximum absolute atomic E-state index is 12.8. The van der Waals surface area contributed by atoms with Crippen LogP contribution in [0.25, 0.3) is 11.1 Å². The lowest BCUT2D eigenvalue weighted by molar-refractivity contribution is 0.103. The van der Waals surface area contributed by atoms with Gasteiger partial charge in [0.05, 0.1) is 12.8 Å². The summed E-state index contributed by atoms with van der Waals surface area (Å²) >= 11 is 6.11. The molecule has 3 aromatic rings. The summed E-state index contributed by atoms with van der Waals surface area (Å²) in [6.07, 6.45) is 2.73. The quantitative estimate of drug-likeness (QED) is 0.664. The van der Waals surface area contributed by atoms with E-state index in [0.717, 1.165) is 0 Å². The third-order valence-corrected chi connectivity index (χ3v) is 3.96. The maximum atomic E-state index is 12.8. The molecule has 5 nitrogen and oxygen atoms in total. The van der Waals surface area contributed by atoms with Crippen LogP contribution in [0.1, 0.15) is 15.9 Å². The number of anilines is 1. The van der Waals surface area contributed by atoms with E-state index in [1.807, 2.05) is 18.2 Å². The molecule has 2 N–H and O–H groups in total. The van der Waals surface area contributed by atoms with Crippen molar-refractivity contribution in [3.05, 3.63) is 77.1 Å². The third-order valence-electron chi connectivity index (χ3n) is 3.72. The number of aromatic amines is 1. The molecule has 0 atom stereocenters. The van der Waals surface area contributed by atoms with Gasteiger partial charge >= 0.3 is 6.09 Å². The second kappa shape index (κ2) is 7.23. The van der Waals surface area contributed by atoms with Crippen molar-refractivity contribution in [1.29, 1.82) is 0 Å². The van der Waals surface area contributed by atoms with Crippen molar-refractivity contribution in [3.63, 3.8) is 0 Å². The Bertz CT molecular complexity index is 919. The zero-order chi connectivity index (χ0) is 17.8. The number of halogens is 1. The first-order chi connectivity index (χ1) is 12.1. The summed E-state index contributed by atoms with van der Waals surface area (Å²) in [5, 5.41) is 3.13. The van der Waals surface area contributed by atoms with Gasteiger partial charge in [0.25, 0.3) is 0 Å². The zero-order valence-electron chi connectivity index (χ0n) is 13.4. The van der Waals surface area contributed by atoms with Crippen molar-refractivity contribution in [1.82, 2.24) is 4.98 Å². The van der Waals surface area contributed by atoms with Gasteiger partial charge in [-0.15, -0.1) is 0 Å². The molecule has 1 aromatic heterocycles. The fraction of sp³-hybridized carbons (Fsp3) is 0.0526. The van der Waals surface area contributed by atoms with E-state index in [9.17, 15) is 9.59 Å². The average Bonchev–Trinajstić information content (AvgIpc) is 3.12. The first-order valence-electron chi connectivity index (χ1n) is 7.51. The van der Waals surface area contributed by atoms with Gasteiger partial charge in [-0.3, -0.25) is 10.1 Å². The number of hydrogen-bond donors (Lipinski definition) is 2. The topological polar surface area (TPSA) is 71.2 Å². The summed E-state index contributed by atoms with van der Waals surface area (Å²) in [5.41, 5.74) is 2.83. The monoisotopic (exact) mass is 354 g/mol. The van der Waals surface area contributed by atoms with Crippen molar-refractivity contribution >= 4 is 29.2 Å². The highest BCUT2D eigenvalue weighted by atomic mass is 35.5. The number of ether oxygens (including phenoxy) is 1. The van der Waals surface area contributed by atoms with E-state index in [1.54, 1.807) is 42.7 Å². The molecule has 0 spiro atoms. The number of carbonyl (C=O) groups excluding carboxylic acids is 2. The molecular formula is C19H15ClN2O3. The Hall–Kier alpha value is -3.05. The van der Waals surface area contributed by atoms with Gasteiger partial charge in [0.1, 0.15) is 0 Å². The Morgan fingerprint density at radius 3 is 2.52 bits per heavy atom. The van der Waals surface area contributed by atoms with Crippen LogP contribution < -0.4 is 5.32 Å². The minimum absolute atomic E-state index is 0.124. The molecular weight excluding hydrogens is 340 g/mol. The summed E-state index contributed by atoms with van der Waals surface area (Å²) in [4.78, 5) is 27.4. The third kappa shape index (κ3) is 3.56. The Morgan fingerprint density at radius 1 is 1.04 bits per heavy atom. The van der Waals surface area contributed by atoms with Crippen LogP contribution in [-0.4, -0.2) is 24.0 Å². The molecule has 3 rings (SSSR count). The molecule has 0 aliphatic rings. The Balaban J connectivity index is 2.07. The van der Waals surface area contributed by atoms with Crippen LogP contribution in [0.4, 0.5) is 10.5 Å². The van der Waals surface area contributed by atoms with Crippen LogP contribution in [0.3, 0.4) is 0 Å². The van der Waals surface area contributed by atoms with Crippen LogP contribution in [0.2, 0.25) is 5.02 Å². The molecule has 1 amide bonds. The Kier molecular flexibility index (Phi) is 4.86. The summed E-state index contributed by atoms with van der Waals surface area (Å²) in [5.74, 6) is -0.124. The van der Waals surface area contributed by atoms with Crippen LogP contribution in [0.5, 0.6) is 0 Å². The SMILES string of the molecule is COC(=O)Nc1ccc(Cl)cc1-c1c[nH]cc1C(=O)c1ccccc1. The van der Waals surface area contributed by atoms with E-state index in [1.165, 1.54) is 7.11 Å². The van der Waals surface area contributed by atoms with Gasteiger partial charge in [-0.25, -0.2) is 4.79 Å². The van der Waals surface area contributed by atoms with E-state index < -0.39 is 6.09 Å². The minimum atomic E-state index is -0.602. The van der Waals surface area contributed by atoms with Crippen molar-refractivity contribution in [2.45, 2.75) is 0 Å². The number of H-pyrrole nitrogens is 1. The highest BCUT2D eigenvalue weighted by Gasteiger charge is 2.19. The van der Waals surface area contributed by atoms with E-state index >= 15 is 0 Å². The number of amides is 1. The average molecular weight is 355 g/mol. The predicted molar refractivity (Wildman–Crippen MR) is 97.1 cm³/mol. The standard InChI is InChI=1S/C19H15ClN2O3/c1-25-19(24)22-17-8-7-13(20)9-14(17)15-10-21-11-16(15)18(23)12-5-3-2-4-6-12/h2-11,21H,1H3,(H,22,24). The number of methoxy groups -OCH3 is 1. The first-order valence-corrected chi connectivity index (χ1v) is 7.89. The fourth-order valence-electron chi connectivity index (χ4n) is 2.53. The lowest BCUT2D eigenvalue weighted by atomic mass is 9.97. The summed E-state index contributed by atoms with van der Waals surface area (Å²) < 4.78 is 4.65. The second-order valence-corrected chi connectivity index (χ2v) is 5.72. The molecule has 2 aromatic carbocycles. The first kappa shape index (κ1) is 16.8. The summed E-state index contributed by atoms with van der Waals surface area (Å²) in [7, 11) is 1.28. The Morgan fingerprint density at radius 2 is 1.80 bits per heavy atom. The molecule has 0 saturated carbocycles. The number of hydrogen-bond acceptors (Lipinski definition) is 3. The van der Waals surface area contributed by atoms with Crippen LogP contribution in [-0.2, 0) is 4.74 Å². The van der Waals surface area contributed by atoms with Gasteiger partial charge in [0, 0.05) is 39.7 Å². The molecule has 0 unspecified atom stereocenters. The van der Waals surface area contributed by atoms with Gasteiger partial charge in [0.2, 0.25) is 0 Å².